The van der Waals surface area contributed by atoms with Crippen molar-refractivity contribution in [2.24, 2.45) is 0 Å². The maximum atomic E-state index is 14.2. The monoisotopic (exact) mass is 667 g/mol. The van der Waals surface area contributed by atoms with E-state index in [1.165, 1.54) is 29.2 Å². The molecule has 0 aliphatic carbocycles. The zero-order chi connectivity index (χ0) is 31.9. The van der Waals surface area contributed by atoms with Crippen LogP contribution in [0.2, 0.25) is 15.1 Å². The molecule has 3 aromatic carbocycles. The van der Waals surface area contributed by atoms with Crippen molar-refractivity contribution in [1.82, 2.24) is 10.2 Å². The van der Waals surface area contributed by atoms with E-state index in [1.807, 2.05) is 27.7 Å². The van der Waals surface area contributed by atoms with Crippen molar-refractivity contribution in [1.29, 1.82) is 0 Å². The van der Waals surface area contributed by atoms with Gasteiger partial charge in [-0.05, 0) is 94.8 Å². The molecule has 8 nitrogen and oxygen atoms in total. The van der Waals surface area contributed by atoms with E-state index in [0.29, 0.717) is 33.0 Å². The number of ether oxygens (including phenoxy) is 1. The van der Waals surface area contributed by atoms with Crippen LogP contribution in [0.5, 0.6) is 5.75 Å². The summed E-state index contributed by atoms with van der Waals surface area (Å²) >= 11 is 19.0. The zero-order valence-electron chi connectivity index (χ0n) is 24.7. The Hall–Kier alpha value is -2.98. The fourth-order valence-corrected chi connectivity index (χ4v) is 6.42. The molecule has 1 N–H and O–H groups in total. The molecule has 0 aliphatic heterocycles. The number of benzene rings is 3. The molecule has 0 fully saturated rings. The number of anilines is 1. The summed E-state index contributed by atoms with van der Waals surface area (Å²) < 4.78 is 34.5. The third-order valence-electron chi connectivity index (χ3n) is 6.39. The summed E-state index contributed by atoms with van der Waals surface area (Å²) in [5.74, 6) is -0.473. The van der Waals surface area contributed by atoms with Crippen LogP contribution in [-0.4, -0.2) is 49.9 Å². The van der Waals surface area contributed by atoms with Crippen LogP contribution in [-0.2, 0) is 26.2 Å². The van der Waals surface area contributed by atoms with Crippen molar-refractivity contribution in [2.45, 2.75) is 64.1 Å². The maximum Gasteiger partial charge on any atom is 0.264 e. The molecule has 0 spiro atoms. The maximum absolute atomic E-state index is 14.2. The second-order valence-corrected chi connectivity index (χ2v) is 13.9. The van der Waals surface area contributed by atoms with Gasteiger partial charge in [-0.15, -0.1) is 0 Å². The van der Waals surface area contributed by atoms with Gasteiger partial charge in [0.25, 0.3) is 10.0 Å². The highest BCUT2D eigenvalue weighted by molar-refractivity contribution is 7.92. The molecule has 0 heterocycles. The number of sulfonamides is 1. The van der Waals surface area contributed by atoms with E-state index in [4.69, 9.17) is 39.5 Å². The van der Waals surface area contributed by atoms with Crippen LogP contribution in [0.25, 0.3) is 0 Å². The predicted octanol–water partition coefficient (Wildman–Crippen LogP) is 6.96. The van der Waals surface area contributed by atoms with Crippen molar-refractivity contribution in [3.8, 4) is 5.75 Å². The molecule has 0 unspecified atom stereocenters. The Bertz CT molecular complexity index is 1510. The third-order valence-corrected chi connectivity index (χ3v) is 9.14. The second-order valence-electron chi connectivity index (χ2n) is 10.8. The summed E-state index contributed by atoms with van der Waals surface area (Å²) in [6.07, 6.45) is 0.253. The molecule has 0 aliphatic rings. The first-order chi connectivity index (χ1) is 20.2. The number of rotatable bonds is 12. The van der Waals surface area contributed by atoms with E-state index < -0.39 is 34.1 Å². The molecule has 43 heavy (non-hydrogen) atoms. The number of hydrogen-bond acceptors (Lipinski definition) is 5. The van der Waals surface area contributed by atoms with Gasteiger partial charge in [0.15, 0.2) is 0 Å². The van der Waals surface area contributed by atoms with Gasteiger partial charge >= 0.3 is 0 Å². The molecule has 0 saturated carbocycles. The number of nitrogens with one attached hydrogen (secondary N) is 1. The summed E-state index contributed by atoms with van der Waals surface area (Å²) in [5, 5.41) is 3.92. The number of hydrogen-bond donors (Lipinski definition) is 1. The van der Waals surface area contributed by atoms with Gasteiger partial charge in [-0.3, -0.25) is 13.9 Å². The quantitative estimate of drug-likeness (QED) is 0.225. The summed E-state index contributed by atoms with van der Waals surface area (Å²) in [4.78, 5) is 29.0. The number of nitrogens with zero attached hydrogens (tertiary/aromatic N) is 2. The van der Waals surface area contributed by atoms with Gasteiger partial charge in [0, 0.05) is 32.7 Å². The van der Waals surface area contributed by atoms with Crippen LogP contribution >= 0.6 is 34.8 Å². The molecule has 0 aromatic heterocycles. The van der Waals surface area contributed by atoms with E-state index in [9.17, 15) is 18.0 Å². The van der Waals surface area contributed by atoms with Crippen molar-refractivity contribution >= 4 is 62.3 Å². The van der Waals surface area contributed by atoms with Crippen molar-refractivity contribution in [3.05, 3.63) is 87.4 Å². The van der Waals surface area contributed by atoms with Gasteiger partial charge in [-0.1, -0.05) is 47.8 Å². The molecular formula is C31H36Cl3N3O5S. The Morgan fingerprint density at radius 1 is 0.907 bits per heavy atom. The third kappa shape index (κ3) is 9.01. The van der Waals surface area contributed by atoms with Crippen LogP contribution in [0.15, 0.2) is 71.6 Å². The molecule has 1 atom stereocenters. The Morgan fingerprint density at radius 3 is 2.00 bits per heavy atom. The molecule has 232 valence electrons. The first kappa shape index (κ1) is 34.5. The molecular weight excluding hydrogens is 633 g/mol. The lowest BCUT2D eigenvalue weighted by Gasteiger charge is -2.35. The Kier molecular flexibility index (Phi) is 11.8. The lowest BCUT2D eigenvalue weighted by Crippen LogP contribution is -2.55. The average molecular weight is 669 g/mol. The predicted molar refractivity (Wildman–Crippen MR) is 173 cm³/mol. The minimum Gasteiger partial charge on any atom is -0.494 e. The Morgan fingerprint density at radius 2 is 1.49 bits per heavy atom. The lowest BCUT2D eigenvalue weighted by atomic mass is 10.1. The summed E-state index contributed by atoms with van der Waals surface area (Å²) in [6.45, 7) is 8.81. The van der Waals surface area contributed by atoms with Crippen LogP contribution in [0.1, 0.15) is 46.6 Å². The SMILES string of the molecule is CCOc1ccc(N(CC(=O)N(Cc2c(Cl)cccc2Cl)[C@H](CC)C(=O)NC(C)(C)C)S(=O)(=O)c2ccc(Cl)cc2)cc1. The van der Waals surface area contributed by atoms with Crippen molar-refractivity contribution in [2.75, 3.05) is 17.5 Å². The lowest BCUT2D eigenvalue weighted by molar-refractivity contribution is -0.141. The number of carbonyl (C=O) groups is 2. The first-order valence-electron chi connectivity index (χ1n) is 13.7. The summed E-state index contributed by atoms with van der Waals surface area (Å²) in [7, 11) is -4.26. The van der Waals surface area contributed by atoms with Crippen LogP contribution in [0.3, 0.4) is 0 Å². The highest BCUT2D eigenvalue weighted by atomic mass is 35.5. The van der Waals surface area contributed by atoms with Gasteiger partial charge in [-0.2, -0.15) is 0 Å². The second kappa shape index (κ2) is 14.7. The molecule has 3 aromatic rings. The van der Waals surface area contributed by atoms with E-state index in [-0.39, 0.29) is 29.5 Å². The summed E-state index contributed by atoms with van der Waals surface area (Å²) in [6, 6.07) is 16.0. The number of halogens is 3. The van der Waals surface area contributed by atoms with Crippen molar-refractivity contribution in [3.63, 3.8) is 0 Å². The first-order valence-corrected chi connectivity index (χ1v) is 16.3. The van der Waals surface area contributed by atoms with E-state index >= 15 is 0 Å². The van der Waals surface area contributed by atoms with Gasteiger partial charge < -0.3 is 15.0 Å². The van der Waals surface area contributed by atoms with E-state index in [2.05, 4.69) is 5.32 Å². The largest absolute Gasteiger partial charge is 0.494 e. The number of amides is 2. The normalized spacial score (nSPS) is 12.4. The Balaban J connectivity index is 2.11. The van der Waals surface area contributed by atoms with Crippen LogP contribution in [0, 0.1) is 0 Å². The van der Waals surface area contributed by atoms with Crippen LogP contribution < -0.4 is 14.4 Å². The van der Waals surface area contributed by atoms with Crippen LogP contribution in [0.4, 0.5) is 5.69 Å². The average Bonchev–Trinajstić information content (AvgIpc) is 2.93. The topological polar surface area (TPSA) is 96.0 Å². The van der Waals surface area contributed by atoms with Gasteiger partial charge in [0.1, 0.15) is 18.3 Å². The fourth-order valence-electron chi connectivity index (χ4n) is 4.36. The molecule has 0 saturated heterocycles. The summed E-state index contributed by atoms with van der Waals surface area (Å²) in [5.41, 5.74) is 0.0945. The minimum atomic E-state index is -4.26. The number of carbonyl (C=O) groups excluding carboxylic acids is 2. The van der Waals surface area contributed by atoms with E-state index in [1.54, 1.807) is 49.4 Å². The molecule has 12 heteroatoms. The van der Waals surface area contributed by atoms with E-state index in [0.717, 1.165) is 4.31 Å². The molecule has 3 rings (SSSR count). The van der Waals surface area contributed by atoms with Gasteiger partial charge in [0.2, 0.25) is 11.8 Å². The molecule has 2 amide bonds. The van der Waals surface area contributed by atoms with Gasteiger partial charge in [-0.25, -0.2) is 8.42 Å². The highest BCUT2D eigenvalue weighted by Gasteiger charge is 2.35. The van der Waals surface area contributed by atoms with Gasteiger partial charge in [0.05, 0.1) is 17.2 Å². The minimum absolute atomic E-state index is 0.0585. The zero-order valence-corrected chi connectivity index (χ0v) is 27.8. The van der Waals surface area contributed by atoms with Crippen molar-refractivity contribution < 1.29 is 22.7 Å². The standard InChI is InChI=1S/C31H36Cl3N3O5S/c1-6-28(30(39)35-31(3,4)5)36(19-25-26(33)9-8-10-27(25)34)29(38)20-37(22-13-15-23(16-14-22)42-7-2)43(40,41)24-17-11-21(32)12-18-24/h8-18,28H,6-7,19-20H2,1-5H3,(H,35,39)/t28-/m1/s1. The Labute approximate surface area is 268 Å². The molecule has 0 bridgehead atoms. The fraction of sp³-hybridized carbons (Fsp3) is 0.355. The highest BCUT2D eigenvalue weighted by Crippen LogP contribution is 2.30. The molecule has 0 radical (unpaired) electrons. The smallest absolute Gasteiger partial charge is 0.264 e.